The summed E-state index contributed by atoms with van der Waals surface area (Å²) in [7, 11) is -3.56. The van der Waals surface area contributed by atoms with Gasteiger partial charge in [0.25, 0.3) is 0 Å². The van der Waals surface area contributed by atoms with Gasteiger partial charge in [-0.2, -0.15) is 4.31 Å². The maximum absolute atomic E-state index is 13.0. The summed E-state index contributed by atoms with van der Waals surface area (Å²) in [5, 5.41) is 0.696. The molecule has 0 amide bonds. The van der Waals surface area contributed by atoms with Gasteiger partial charge >= 0.3 is 0 Å². The number of sulfonamides is 1. The molecule has 3 aromatic rings. The molecule has 1 saturated heterocycles. The fraction of sp³-hybridized carbons (Fsp3) is 0.348. The van der Waals surface area contributed by atoms with Crippen LogP contribution in [0.4, 0.5) is 0 Å². The van der Waals surface area contributed by atoms with E-state index in [2.05, 4.69) is 11.5 Å². The van der Waals surface area contributed by atoms with E-state index in [4.69, 9.17) is 21.3 Å². The molecule has 2 heterocycles. The van der Waals surface area contributed by atoms with Gasteiger partial charge in [-0.15, -0.1) is 0 Å². The van der Waals surface area contributed by atoms with Crippen molar-refractivity contribution < 1.29 is 13.2 Å². The molecule has 0 atom stereocenters. The number of fused-ring (bicyclic) bond motifs is 1. The Hall–Kier alpha value is -2.19. The van der Waals surface area contributed by atoms with E-state index in [1.165, 1.54) is 4.31 Å². The summed E-state index contributed by atoms with van der Waals surface area (Å²) >= 11 is 5.97. The highest BCUT2D eigenvalue weighted by molar-refractivity contribution is 7.89. The number of aryl methyl sites for hydroxylation is 1. The molecular formula is C23H26ClN3O3S. The number of unbranched alkanes of at least 4 members (excludes halogenated alkanes) is 1. The van der Waals surface area contributed by atoms with Crippen molar-refractivity contribution in [2.45, 2.75) is 31.2 Å². The number of halogens is 1. The number of nitrogens with zero attached hydrogens (tertiary/aromatic N) is 3. The Morgan fingerprint density at radius 1 is 1.10 bits per heavy atom. The van der Waals surface area contributed by atoms with Crippen molar-refractivity contribution in [3.63, 3.8) is 0 Å². The molecule has 0 saturated carbocycles. The van der Waals surface area contributed by atoms with Gasteiger partial charge in [-0.25, -0.2) is 13.4 Å². The van der Waals surface area contributed by atoms with Gasteiger partial charge in [-0.3, -0.25) is 0 Å². The molecule has 1 aromatic heterocycles. The van der Waals surface area contributed by atoms with E-state index in [0.717, 1.165) is 36.3 Å². The van der Waals surface area contributed by atoms with Gasteiger partial charge in [0, 0.05) is 24.7 Å². The van der Waals surface area contributed by atoms with Crippen LogP contribution in [0.3, 0.4) is 0 Å². The minimum Gasteiger partial charge on any atom is -0.379 e. The molecule has 0 aliphatic carbocycles. The van der Waals surface area contributed by atoms with Crippen molar-refractivity contribution in [1.82, 2.24) is 13.9 Å². The van der Waals surface area contributed by atoms with E-state index >= 15 is 0 Å². The van der Waals surface area contributed by atoms with Crippen LogP contribution in [0.5, 0.6) is 0 Å². The van der Waals surface area contributed by atoms with Gasteiger partial charge in [0.2, 0.25) is 10.0 Å². The third-order valence-corrected chi connectivity index (χ3v) is 7.53. The Labute approximate surface area is 188 Å². The Balaban J connectivity index is 1.71. The minimum absolute atomic E-state index is 0.273. The summed E-state index contributed by atoms with van der Waals surface area (Å²) in [5.41, 5.74) is 2.64. The molecule has 1 fully saturated rings. The first-order valence-electron chi connectivity index (χ1n) is 10.5. The van der Waals surface area contributed by atoms with E-state index in [1.807, 2.05) is 42.5 Å². The molecule has 0 radical (unpaired) electrons. The predicted octanol–water partition coefficient (Wildman–Crippen LogP) is 4.68. The first kappa shape index (κ1) is 22.0. The Bertz CT molecular complexity index is 1180. The fourth-order valence-corrected chi connectivity index (χ4v) is 5.20. The third kappa shape index (κ3) is 4.85. The van der Waals surface area contributed by atoms with Crippen LogP contribution in [0.15, 0.2) is 47.4 Å². The van der Waals surface area contributed by atoms with Crippen LogP contribution in [-0.2, 0) is 21.3 Å². The summed E-state index contributed by atoms with van der Waals surface area (Å²) in [5.74, 6) is 0.805. The molecule has 0 spiro atoms. The average molecular weight is 460 g/mol. The quantitative estimate of drug-likeness (QED) is 0.514. The highest BCUT2D eigenvalue weighted by Gasteiger charge is 2.27. The predicted molar refractivity (Wildman–Crippen MR) is 125 cm³/mol. The lowest BCUT2D eigenvalue weighted by molar-refractivity contribution is 0.0730. The Morgan fingerprint density at radius 2 is 1.84 bits per heavy atom. The molecule has 0 unspecified atom stereocenters. The van der Waals surface area contributed by atoms with E-state index < -0.39 is 10.0 Å². The van der Waals surface area contributed by atoms with E-state index in [1.54, 1.807) is 12.1 Å². The molecular weight excluding hydrogens is 434 g/mol. The van der Waals surface area contributed by atoms with Gasteiger partial charge in [0.1, 0.15) is 5.82 Å². The average Bonchev–Trinajstić information content (AvgIpc) is 3.14. The summed E-state index contributed by atoms with van der Waals surface area (Å²) in [4.78, 5) is 5.03. The SMILES string of the molecule is CCCCn1c(C=Cc2ccc(Cl)cc2)nc2cc(S(=O)(=O)N3CCOCC3)ccc21. The second-order valence-electron chi connectivity index (χ2n) is 7.53. The standard InChI is InChI=1S/C23H26ClN3O3S/c1-2-3-12-27-22-10-9-20(31(28,29)26-13-15-30-16-14-26)17-21(22)25-23(27)11-6-18-4-7-19(24)8-5-18/h4-11,17H,2-3,12-16H2,1H3. The summed E-state index contributed by atoms with van der Waals surface area (Å²) < 4.78 is 35.0. The highest BCUT2D eigenvalue weighted by atomic mass is 35.5. The zero-order valence-corrected chi connectivity index (χ0v) is 19.1. The topological polar surface area (TPSA) is 64.4 Å². The molecule has 164 valence electrons. The third-order valence-electron chi connectivity index (χ3n) is 5.39. The second kappa shape index (κ2) is 9.53. The van der Waals surface area contributed by atoms with Crippen LogP contribution in [0.1, 0.15) is 31.2 Å². The number of ether oxygens (including phenoxy) is 1. The van der Waals surface area contributed by atoms with Crippen LogP contribution >= 0.6 is 11.6 Å². The summed E-state index contributed by atoms with van der Waals surface area (Å²) in [6.45, 7) is 4.57. The van der Waals surface area contributed by atoms with Gasteiger partial charge in [-0.05, 0) is 48.4 Å². The van der Waals surface area contributed by atoms with Crippen molar-refractivity contribution in [3.8, 4) is 0 Å². The molecule has 1 aliphatic rings. The molecule has 4 rings (SSSR count). The molecule has 0 bridgehead atoms. The first-order chi connectivity index (χ1) is 15.0. The minimum atomic E-state index is -3.56. The van der Waals surface area contributed by atoms with E-state index in [0.29, 0.717) is 36.8 Å². The van der Waals surface area contributed by atoms with Crippen LogP contribution in [0, 0.1) is 0 Å². The highest BCUT2D eigenvalue weighted by Crippen LogP contribution is 2.25. The molecule has 0 N–H and O–H groups in total. The number of hydrogen-bond acceptors (Lipinski definition) is 4. The van der Waals surface area contributed by atoms with Crippen LogP contribution in [0.2, 0.25) is 5.02 Å². The maximum Gasteiger partial charge on any atom is 0.243 e. The number of benzene rings is 2. The molecule has 2 aromatic carbocycles. The molecule has 8 heteroatoms. The lowest BCUT2D eigenvalue weighted by Gasteiger charge is -2.26. The fourth-order valence-electron chi connectivity index (χ4n) is 3.65. The Morgan fingerprint density at radius 3 is 2.55 bits per heavy atom. The molecule has 31 heavy (non-hydrogen) atoms. The number of hydrogen-bond donors (Lipinski definition) is 0. The summed E-state index contributed by atoms with van der Waals surface area (Å²) in [6, 6.07) is 12.8. The molecule has 1 aliphatic heterocycles. The lowest BCUT2D eigenvalue weighted by Crippen LogP contribution is -2.40. The normalized spacial score (nSPS) is 15.8. The van der Waals surface area contributed by atoms with Gasteiger partial charge in [0.15, 0.2) is 0 Å². The van der Waals surface area contributed by atoms with Crippen LogP contribution in [-0.4, -0.2) is 48.6 Å². The monoisotopic (exact) mass is 459 g/mol. The van der Waals surface area contributed by atoms with E-state index in [-0.39, 0.29) is 4.90 Å². The number of imidazole rings is 1. The van der Waals surface area contributed by atoms with Crippen molar-refractivity contribution in [2.75, 3.05) is 26.3 Å². The second-order valence-corrected chi connectivity index (χ2v) is 9.90. The van der Waals surface area contributed by atoms with Crippen molar-refractivity contribution in [3.05, 3.63) is 58.9 Å². The van der Waals surface area contributed by atoms with E-state index in [9.17, 15) is 8.42 Å². The largest absolute Gasteiger partial charge is 0.379 e. The molecule has 6 nitrogen and oxygen atoms in total. The smallest absolute Gasteiger partial charge is 0.243 e. The Kier molecular flexibility index (Phi) is 6.77. The number of rotatable bonds is 7. The number of aromatic nitrogens is 2. The van der Waals surface area contributed by atoms with Crippen molar-refractivity contribution in [2.24, 2.45) is 0 Å². The van der Waals surface area contributed by atoms with Crippen LogP contribution < -0.4 is 0 Å². The first-order valence-corrected chi connectivity index (χ1v) is 12.3. The zero-order chi connectivity index (χ0) is 21.8. The lowest BCUT2D eigenvalue weighted by atomic mass is 10.2. The number of morpholine rings is 1. The van der Waals surface area contributed by atoms with Gasteiger partial charge in [-0.1, -0.05) is 43.2 Å². The van der Waals surface area contributed by atoms with Gasteiger partial charge < -0.3 is 9.30 Å². The zero-order valence-electron chi connectivity index (χ0n) is 17.5. The van der Waals surface area contributed by atoms with Crippen molar-refractivity contribution in [1.29, 1.82) is 0 Å². The van der Waals surface area contributed by atoms with Gasteiger partial charge in [0.05, 0.1) is 29.1 Å². The van der Waals surface area contributed by atoms with Crippen LogP contribution in [0.25, 0.3) is 23.2 Å². The summed E-state index contributed by atoms with van der Waals surface area (Å²) in [6.07, 6.45) is 6.03. The van der Waals surface area contributed by atoms with Crippen molar-refractivity contribution >= 4 is 44.8 Å². The maximum atomic E-state index is 13.0.